The lowest BCUT2D eigenvalue weighted by atomic mass is 10.1. The average Bonchev–Trinajstić information content (AvgIpc) is 3.37. The van der Waals surface area contributed by atoms with Crippen LogP contribution in [0.1, 0.15) is 39.6 Å². The molecule has 0 aliphatic carbocycles. The van der Waals surface area contributed by atoms with Gasteiger partial charge in [0.05, 0.1) is 33.6 Å². The lowest BCUT2D eigenvalue weighted by Gasteiger charge is -2.15. The molecule has 1 heterocycles. The first-order chi connectivity index (χ1) is 23.1. The summed E-state index contributed by atoms with van der Waals surface area (Å²) in [5, 5.41) is 16.1. The Morgan fingerprint density at radius 2 is 1.58 bits per heavy atom. The van der Waals surface area contributed by atoms with Crippen molar-refractivity contribution >= 4 is 64.5 Å². The van der Waals surface area contributed by atoms with Crippen molar-refractivity contribution < 1.29 is 33.6 Å². The molecule has 4 aromatic rings. The maximum atomic E-state index is 13.4. The van der Waals surface area contributed by atoms with E-state index >= 15 is 0 Å². The number of ether oxygens (including phenoxy) is 1. The number of nitrogens with zero attached hydrogens (tertiary/aromatic N) is 2. The minimum atomic E-state index is -0.723. The molecule has 0 saturated carbocycles. The van der Waals surface area contributed by atoms with E-state index in [0.29, 0.717) is 21.8 Å². The number of anilines is 2. The van der Waals surface area contributed by atoms with Crippen LogP contribution in [0.15, 0.2) is 114 Å². The van der Waals surface area contributed by atoms with Crippen molar-refractivity contribution in [2.75, 3.05) is 16.8 Å². The minimum absolute atomic E-state index is 0.0253. The van der Waals surface area contributed by atoms with Crippen molar-refractivity contribution in [3.63, 3.8) is 0 Å². The Hall–Kier alpha value is -6.08. The summed E-state index contributed by atoms with van der Waals surface area (Å²) in [6.07, 6.45) is 1.21. The van der Waals surface area contributed by atoms with Crippen LogP contribution in [0.5, 0.6) is 0 Å². The zero-order chi connectivity index (χ0) is 34.2. The second-order valence-corrected chi connectivity index (χ2v) is 11.6. The van der Waals surface area contributed by atoms with Crippen LogP contribution >= 0.6 is 11.8 Å². The number of amides is 4. The fraction of sp³-hybridized carbons (Fsp3) is 0.114. The van der Waals surface area contributed by atoms with Gasteiger partial charge in [-0.1, -0.05) is 30.3 Å². The molecule has 2 N–H and O–H groups in total. The van der Waals surface area contributed by atoms with Crippen LogP contribution in [0.25, 0.3) is 6.08 Å². The molecule has 1 atom stereocenters. The van der Waals surface area contributed by atoms with Gasteiger partial charge >= 0.3 is 5.97 Å². The molecule has 4 aromatic carbocycles. The first-order valence-electron chi connectivity index (χ1n) is 14.7. The van der Waals surface area contributed by atoms with E-state index in [2.05, 4.69) is 10.6 Å². The topological polar surface area (TPSA) is 165 Å². The van der Waals surface area contributed by atoms with E-state index in [1.165, 1.54) is 60.3 Å². The number of imide groups is 1. The molecule has 0 bridgehead atoms. The van der Waals surface area contributed by atoms with Crippen LogP contribution < -0.4 is 15.5 Å². The second-order valence-electron chi connectivity index (χ2n) is 10.3. The molecule has 1 fully saturated rings. The summed E-state index contributed by atoms with van der Waals surface area (Å²) in [7, 11) is 0. The number of rotatable bonds is 11. The maximum absolute atomic E-state index is 13.4. The molecule has 242 valence electrons. The van der Waals surface area contributed by atoms with E-state index in [4.69, 9.17) is 4.74 Å². The Kier molecular flexibility index (Phi) is 10.4. The Morgan fingerprint density at radius 1 is 0.917 bits per heavy atom. The normalized spacial score (nSPS) is 14.4. The van der Waals surface area contributed by atoms with Crippen LogP contribution in [0.2, 0.25) is 0 Å². The van der Waals surface area contributed by atoms with Crippen molar-refractivity contribution in [1.82, 2.24) is 5.32 Å². The predicted octanol–water partition coefficient (Wildman–Crippen LogP) is 5.61. The lowest BCUT2D eigenvalue weighted by molar-refractivity contribution is -0.385. The molecule has 1 aliphatic heterocycles. The fourth-order valence-corrected chi connectivity index (χ4v) is 5.84. The number of hydrogen-bond acceptors (Lipinski definition) is 9. The monoisotopic (exact) mass is 664 g/mol. The van der Waals surface area contributed by atoms with E-state index in [-0.39, 0.29) is 41.4 Å². The van der Waals surface area contributed by atoms with Crippen LogP contribution in [0.3, 0.4) is 0 Å². The van der Waals surface area contributed by atoms with E-state index in [0.717, 1.165) is 4.90 Å². The van der Waals surface area contributed by atoms with Gasteiger partial charge in [0.15, 0.2) is 0 Å². The van der Waals surface area contributed by atoms with E-state index < -0.39 is 33.9 Å². The first kappa shape index (κ1) is 33.3. The number of para-hydroxylation sites is 1. The smallest absolute Gasteiger partial charge is 0.338 e. The number of esters is 1. The van der Waals surface area contributed by atoms with Gasteiger partial charge in [0.1, 0.15) is 5.70 Å². The van der Waals surface area contributed by atoms with Gasteiger partial charge in [0, 0.05) is 28.6 Å². The summed E-state index contributed by atoms with van der Waals surface area (Å²) in [6.45, 7) is 1.92. The Morgan fingerprint density at radius 3 is 2.25 bits per heavy atom. The van der Waals surface area contributed by atoms with Crippen molar-refractivity contribution in [3.05, 3.63) is 136 Å². The molecule has 0 aromatic heterocycles. The van der Waals surface area contributed by atoms with Crippen LogP contribution in [-0.2, 0) is 19.1 Å². The number of nitro benzene ring substituents is 1. The molecule has 1 saturated heterocycles. The number of nitrogens with one attached hydrogen (secondary N) is 2. The number of benzene rings is 4. The summed E-state index contributed by atoms with van der Waals surface area (Å²) >= 11 is 1.19. The van der Waals surface area contributed by atoms with E-state index in [1.54, 1.807) is 67.6 Å². The SMILES string of the molecule is CCOC(=O)c1ccc(N2C(=O)CC(Sc3ccc(NC(=O)/C(=C\c4ccccc4[N+](=O)[O-])NC(=O)c4ccccc4)cc3)C2=O)cc1. The van der Waals surface area contributed by atoms with Crippen molar-refractivity contribution in [3.8, 4) is 0 Å². The van der Waals surface area contributed by atoms with Crippen LogP contribution in [0, 0.1) is 10.1 Å². The maximum Gasteiger partial charge on any atom is 0.338 e. The van der Waals surface area contributed by atoms with E-state index in [1.807, 2.05) is 0 Å². The number of carbonyl (C=O) groups excluding carboxylic acids is 5. The molecule has 48 heavy (non-hydrogen) atoms. The molecule has 4 amide bonds. The highest BCUT2D eigenvalue weighted by Gasteiger charge is 2.40. The van der Waals surface area contributed by atoms with Gasteiger partial charge in [-0.15, -0.1) is 11.8 Å². The lowest BCUT2D eigenvalue weighted by Crippen LogP contribution is -2.31. The Bertz CT molecular complexity index is 1910. The molecule has 0 radical (unpaired) electrons. The summed E-state index contributed by atoms with van der Waals surface area (Å²) in [4.78, 5) is 77.0. The molecule has 0 spiro atoms. The summed E-state index contributed by atoms with van der Waals surface area (Å²) < 4.78 is 4.97. The van der Waals surface area contributed by atoms with Gasteiger partial charge in [-0.3, -0.25) is 29.3 Å². The highest BCUT2D eigenvalue weighted by atomic mass is 32.2. The molecule has 13 heteroatoms. The largest absolute Gasteiger partial charge is 0.462 e. The summed E-state index contributed by atoms with van der Waals surface area (Å²) in [5.74, 6) is -2.58. The number of nitro groups is 1. The molecular weight excluding hydrogens is 636 g/mol. The molecule has 5 rings (SSSR count). The van der Waals surface area contributed by atoms with Gasteiger partial charge in [0.25, 0.3) is 17.5 Å². The standard InChI is InChI=1S/C35H28N4O8S/c1-2-47-35(44)23-12-16-26(17-13-23)38-31(40)21-30(34(38)43)48-27-18-14-25(15-19-27)36-33(42)28(37-32(41)22-8-4-3-5-9-22)20-24-10-6-7-11-29(24)39(45)46/h3-20,30H,2,21H2,1H3,(H,36,42)(H,37,41)/b28-20+. The number of carbonyl (C=O) groups is 5. The summed E-state index contributed by atoms with van der Waals surface area (Å²) in [6, 6.07) is 26.6. The Labute approximate surface area is 278 Å². The van der Waals surface area contributed by atoms with Crippen LogP contribution in [-0.4, -0.2) is 46.4 Å². The van der Waals surface area contributed by atoms with Gasteiger partial charge in [0.2, 0.25) is 11.8 Å². The fourth-order valence-electron chi connectivity index (χ4n) is 4.78. The van der Waals surface area contributed by atoms with E-state index in [9.17, 15) is 34.1 Å². The van der Waals surface area contributed by atoms with Gasteiger partial charge in [-0.25, -0.2) is 9.69 Å². The zero-order valence-electron chi connectivity index (χ0n) is 25.5. The molecular formula is C35H28N4O8S. The van der Waals surface area contributed by atoms with Gasteiger partial charge in [-0.05, 0) is 79.7 Å². The third-order valence-electron chi connectivity index (χ3n) is 7.09. The highest BCUT2D eigenvalue weighted by molar-refractivity contribution is 8.00. The quantitative estimate of drug-likeness (QED) is 0.0682. The third kappa shape index (κ3) is 7.82. The number of hydrogen-bond donors (Lipinski definition) is 2. The zero-order valence-corrected chi connectivity index (χ0v) is 26.3. The number of thioether (sulfide) groups is 1. The van der Waals surface area contributed by atoms with Crippen LogP contribution in [0.4, 0.5) is 17.1 Å². The van der Waals surface area contributed by atoms with Crippen molar-refractivity contribution in [2.24, 2.45) is 0 Å². The average molecular weight is 665 g/mol. The van der Waals surface area contributed by atoms with Gasteiger partial charge in [-0.2, -0.15) is 0 Å². The minimum Gasteiger partial charge on any atom is -0.462 e. The second kappa shape index (κ2) is 15.0. The third-order valence-corrected chi connectivity index (χ3v) is 8.29. The Balaban J connectivity index is 1.28. The van der Waals surface area contributed by atoms with Crippen molar-refractivity contribution in [1.29, 1.82) is 0 Å². The molecule has 1 unspecified atom stereocenters. The highest BCUT2D eigenvalue weighted by Crippen LogP contribution is 2.34. The first-order valence-corrected chi connectivity index (χ1v) is 15.6. The molecule has 12 nitrogen and oxygen atoms in total. The molecule has 1 aliphatic rings. The predicted molar refractivity (Wildman–Crippen MR) is 179 cm³/mol. The van der Waals surface area contributed by atoms with Gasteiger partial charge < -0.3 is 15.4 Å². The van der Waals surface area contributed by atoms with Crippen molar-refractivity contribution in [2.45, 2.75) is 23.5 Å². The summed E-state index contributed by atoms with van der Waals surface area (Å²) in [5.41, 5.74) is 0.944.